The SMILES string of the molecule is O=C(O)[C@@H]1CCCN(Cc2c(-c3cccs3)nc3ccccn23)C1. The summed E-state index contributed by atoms with van der Waals surface area (Å²) in [6.45, 7) is 2.27. The number of pyridine rings is 1. The number of piperidine rings is 1. The topological polar surface area (TPSA) is 57.8 Å². The second-order valence-electron chi connectivity index (χ2n) is 6.23. The second kappa shape index (κ2) is 6.37. The van der Waals surface area contributed by atoms with Crippen molar-refractivity contribution in [3.63, 3.8) is 0 Å². The predicted molar refractivity (Wildman–Crippen MR) is 94.1 cm³/mol. The van der Waals surface area contributed by atoms with Gasteiger partial charge in [-0.1, -0.05) is 12.1 Å². The molecule has 0 saturated carbocycles. The van der Waals surface area contributed by atoms with Crippen molar-refractivity contribution in [2.75, 3.05) is 13.1 Å². The number of fused-ring (bicyclic) bond motifs is 1. The number of likely N-dealkylation sites (tertiary alicyclic amines) is 1. The molecule has 124 valence electrons. The summed E-state index contributed by atoms with van der Waals surface area (Å²) in [5.74, 6) is -0.945. The Kier molecular flexibility index (Phi) is 4.08. The largest absolute Gasteiger partial charge is 0.481 e. The third kappa shape index (κ3) is 2.83. The first-order chi connectivity index (χ1) is 11.7. The van der Waals surface area contributed by atoms with Crippen molar-refractivity contribution in [3.05, 3.63) is 47.6 Å². The molecule has 4 rings (SSSR count). The van der Waals surface area contributed by atoms with Crippen LogP contribution in [0.5, 0.6) is 0 Å². The summed E-state index contributed by atoms with van der Waals surface area (Å²) in [6.07, 6.45) is 3.74. The second-order valence-corrected chi connectivity index (χ2v) is 7.17. The van der Waals surface area contributed by atoms with E-state index >= 15 is 0 Å². The van der Waals surface area contributed by atoms with Crippen LogP contribution >= 0.6 is 11.3 Å². The van der Waals surface area contributed by atoms with E-state index in [0.29, 0.717) is 6.54 Å². The molecule has 0 radical (unpaired) electrons. The number of nitrogens with zero attached hydrogens (tertiary/aromatic N) is 3. The van der Waals surface area contributed by atoms with E-state index in [1.54, 1.807) is 11.3 Å². The number of rotatable bonds is 4. The number of carbonyl (C=O) groups is 1. The van der Waals surface area contributed by atoms with Crippen molar-refractivity contribution in [2.45, 2.75) is 19.4 Å². The smallest absolute Gasteiger partial charge is 0.307 e. The lowest BCUT2D eigenvalue weighted by Gasteiger charge is -2.30. The van der Waals surface area contributed by atoms with E-state index in [1.807, 2.05) is 30.5 Å². The van der Waals surface area contributed by atoms with Gasteiger partial charge < -0.3 is 9.51 Å². The highest BCUT2D eigenvalue weighted by Gasteiger charge is 2.27. The Morgan fingerprint density at radius 2 is 2.25 bits per heavy atom. The first-order valence-electron chi connectivity index (χ1n) is 8.17. The summed E-state index contributed by atoms with van der Waals surface area (Å²) in [7, 11) is 0. The first-order valence-corrected chi connectivity index (χ1v) is 9.05. The van der Waals surface area contributed by atoms with Gasteiger partial charge in [0.2, 0.25) is 0 Å². The highest BCUT2D eigenvalue weighted by molar-refractivity contribution is 7.13. The molecule has 0 unspecified atom stereocenters. The van der Waals surface area contributed by atoms with Gasteiger partial charge in [0.1, 0.15) is 11.3 Å². The molecule has 0 aromatic carbocycles. The molecular formula is C18H19N3O2S. The average Bonchev–Trinajstić information content (AvgIpc) is 3.23. The van der Waals surface area contributed by atoms with Gasteiger partial charge in [-0.15, -0.1) is 11.3 Å². The molecule has 3 aromatic rings. The van der Waals surface area contributed by atoms with Crippen molar-refractivity contribution in [1.82, 2.24) is 14.3 Å². The molecule has 4 heterocycles. The average molecular weight is 341 g/mol. The van der Waals surface area contributed by atoms with Crippen LogP contribution in [0.15, 0.2) is 41.9 Å². The maximum Gasteiger partial charge on any atom is 0.307 e. The predicted octanol–water partition coefficient (Wildman–Crippen LogP) is 3.36. The lowest BCUT2D eigenvalue weighted by atomic mass is 9.98. The number of aliphatic carboxylic acids is 1. The maximum atomic E-state index is 11.3. The van der Waals surface area contributed by atoms with E-state index in [1.165, 1.54) is 0 Å². The number of carboxylic acid groups (broad SMARTS) is 1. The Hall–Kier alpha value is -2.18. The van der Waals surface area contributed by atoms with E-state index in [4.69, 9.17) is 4.98 Å². The molecule has 24 heavy (non-hydrogen) atoms. The van der Waals surface area contributed by atoms with Crippen LogP contribution in [0.3, 0.4) is 0 Å². The zero-order valence-corrected chi connectivity index (χ0v) is 14.1. The zero-order chi connectivity index (χ0) is 16.5. The van der Waals surface area contributed by atoms with E-state index in [0.717, 1.165) is 47.8 Å². The molecule has 0 spiro atoms. The van der Waals surface area contributed by atoms with Gasteiger partial charge in [-0.3, -0.25) is 9.69 Å². The van der Waals surface area contributed by atoms with Gasteiger partial charge in [0.25, 0.3) is 0 Å². The van der Waals surface area contributed by atoms with Gasteiger partial charge in [0.15, 0.2) is 0 Å². The number of imidazole rings is 1. The molecular weight excluding hydrogens is 322 g/mol. The number of hydrogen-bond acceptors (Lipinski definition) is 4. The minimum Gasteiger partial charge on any atom is -0.481 e. The molecule has 0 aliphatic carbocycles. The minimum atomic E-state index is -0.684. The Balaban J connectivity index is 1.70. The fourth-order valence-electron chi connectivity index (χ4n) is 3.42. The summed E-state index contributed by atoms with van der Waals surface area (Å²) in [5.41, 5.74) is 3.08. The van der Waals surface area contributed by atoms with Gasteiger partial charge >= 0.3 is 5.97 Å². The van der Waals surface area contributed by atoms with Crippen LogP contribution in [0.2, 0.25) is 0 Å². The van der Waals surface area contributed by atoms with Crippen LogP contribution in [0.25, 0.3) is 16.2 Å². The van der Waals surface area contributed by atoms with E-state index in [2.05, 4.69) is 20.7 Å². The molecule has 1 N–H and O–H groups in total. The Bertz CT molecular complexity index is 856. The fraction of sp³-hybridized carbons (Fsp3) is 0.333. The van der Waals surface area contributed by atoms with Gasteiger partial charge in [0.05, 0.1) is 16.5 Å². The fourth-order valence-corrected chi connectivity index (χ4v) is 4.16. The number of hydrogen-bond donors (Lipinski definition) is 1. The summed E-state index contributed by atoms with van der Waals surface area (Å²) in [5, 5.41) is 11.4. The molecule has 1 atom stereocenters. The van der Waals surface area contributed by atoms with Crippen molar-refractivity contribution in [3.8, 4) is 10.6 Å². The van der Waals surface area contributed by atoms with Crippen LogP contribution in [-0.2, 0) is 11.3 Å². The normalized spacial score (nSPS) is 18.9. The summed E-state index contributed by atoms with van der Waals surface area (Å²) < 4.78 is 2.12. The van der Waals surface area contributed by atoms with Gasteiger partial charge in [0, 0.05) is 19.3 Å². The summed E-state index contributed by atoms with van der Waals surface area (Å²) in [4.78, 5) is 19.5. The van der Waals surface area contributed by atoms with Crippen molar-refractivity contribution >= 4 is 23.0 Å². The number of thiophene rings is 1. The monoisotopic (exact) mass is 341 g/mol. The van der Waals surface area contributed by atoms with Gasteiger partial charge in [-0.25, -0.2) is 4.98 Å². The standard InChI is InChI=1S/C18H19N3O2S/c22-18(23)13-5-3-8-20(11-13)12-14-17(15-6-4-10-24-15)19-16-7-1-2-9-21(14)16/h1-2,4,6-7,9-10,13H,3,5,8,11-12H2,(H,22,23)/t13-/m1/s1. The Morgan fingerprint density at radius 3 is 3.04 bits per heavy atom. The molecule has 5 nitrogen and oxygen atoms in total. The maximum absolute atomic E-state index is 11.3. The van der Waals surface area contributed by atoms with Gasteiger partial charge in [-0.2, -0.15) is 0 Å². The lowest BCUT2D eigenvalue weighted by Crippen LogP contribution is -2.38. The van der Waals surface area contributed by atoms with Crippen LogP contribution in [0.4, 0.5) is 0 Å². The number of aromatic nitrogens is 2. The molecule has 1 saturated heterocycles. The molecule has 1 aliphatic heterocycles. The Labute approximate surface area is 144 Å². The van der Waals surface area contributed by atoms with E-state index < -0.39 is 5.97 Å². The van der Waals surface area contributed by atoms with Crippen molar-refractivity contribution in [2.24, 2.45) is 5.92 Å². The zero-order valence-electron chi connectivity index (χ0n) is 13.3. The van der Waals surface area contributed by atoms with Crippen LogP contribution in [-0.4, -0.2) is 38.4 Å². The minimum absolute atomic E-state index is 0.261. The highest BCUT2D eigenvalue weighted by Crippen LogP contribution is 2.30. The summed E-state index contributed by atoms with van der Waals surface area (Å²) >= 11 is 1.68. The molecule has 0 bridgehead atoms. The third-order valence-electron chi connectivity index (χ3n) is 4.61. The van der Waals surface area contributed by atoms with Crippen molar-refractivity contribution < 1.29 is 9.90 Å². The highest BCUT2D eigenvalue weighted by atomic mass is 32.1. The van der Waals surface area contributed by atoms with Crippen molar-refractivity contribution in [1.29, 1.82) is 0 Å². The quantitative estimate of drug-likeness (QED) is 0.790. The first kappa shape index (κ1) is 15.4. The van der Waals surface area contributed by atoms with E-state index in [-0.39, 0.29) is 5.92 Å². The number of carboxylic acids is 1. The third-order valence-corrected chi connectivity index (χ3v) is 5.49. The lowest BCUT2D eigenvalue weighted by molar-refractivity contribution is -0.143. The van der Waals surface area contributed by atoms with Crippen LogP contribution in [0.1, 0.15) is 18.5 Å². The molecule has 3 aromatic heterocycles. The Morgan fingerprint density at radius 1 is 1.33 bits per heavy atom. The van der Waals surface area contributed by atoms with Crippen LogP contribution in [0, 0.1) is 5.92 Å². The summed E-state index contributed by atoms with van der Waals surface area (Å²) in [6, 6.07) is 10.1. The molecule has 0 amide bonds. The van der Waals surface area contributed by atoms with E-state index in [9.17, 15) is 9.90 Å². The molecule has 1 fully saturated rings. The van der Waals surface area contributed by atoms with Gasteiger partial charge in [-0.05, 0) is 43.0 Å². The molecule has 1 aliphatic rings. The molecule has 6 heteroatoms. The van der Waals surface area contributed by atoms with Crippen LogP contribution < -0.4 is 0 Å².